The van der Waals surface area contributed by atoms with E-state index in [1.54, 1.807) is 0 Å². The van der Waals surface area contributed by atoms with Gasteiger partial charge in [0.05, 0.1) is 0 Å². The SMILES string of the molecule is CC=O.CCNCc1ccc(Cl)cc1. The van der Waals surface area contributed by atoms with Crippen LogP contribution in [0.4, 0.5) is 0 Å². The number of nitrogens with one attached hydrogen (secondary N) is 1. The predicted octanol–water partition coefficient (Wildman–Crippen LogP) is 2.65. The van der Waals surface area contributed by atoms with Crippen molar-refractivity contribution in [1.82, 2.24) is 5.32 Å². The average Bonchev–Trinajstić information content (AvgIpc) is 2.18. The summed E-state index contributed by atoms with van der Waals surface area (Å²) in [5, 5.41) is 4.04. The lowest BCUT2D eigenvalue weighted by atomic mass is 10.2. The summed E-state index contributed by atoms with van der Waals surface area (Å²) in [6, 6.07) is 7.89. The van der Waals surface area contributed by atoms with Gasteiger partial charge in [0.25, 0.3) is 0 Å². The van der Waals surface area contributed by atoms with Crippen molar-refractivity contribution in [2.45, 2.75) is 20.4 Å². The third-order valence-electron chi connectivity index (χ3n) is 1.49. The Morgan fingerprint density at radius 2 is 1.86 bits per heavy atom. The van der Waals surface area contributed by atoms with Crippen molar-refractivity contribution in [3.8, 4) is 0 Å². The quantitative estimate of drug-likeness (QED) is 0.783. The molecule has 1 N–H and O–H groups in total. The molecule has 0 radical (unpaired) electrons. The Labute approximate surface area is 90.3 Å². The number of carbonyl (C=O) groups excluding carboxylic acids is 1. The van der Waals surface area contributed by atoms with E-state index in [4.69, 9.17) is 16.4 Å². The standard InChI is InChI=1S/C9H12ClN.C2H4O/c1-2-11-7-8-3-5-9(10)6-4-8;1-2-3/h3-6,11H,2,7H2,1H3;2H,1H3. The smallest absolute Gasteiger partial charge is 0.116 e. The Bertz CT molecular complexity index is 246. The van der Waals surface area contributed by atoms with Crippen LogP contribution in [-0.4, -0.2) is 12.8 Å². The first-order valence-corrected chi connectivity index (χ1v) is 4.97. The highest BCUT2D eigenvalue weighted by Gasteiger charge is 1.89. The van der Waals surface area contributed by atoms with E-state index in [2.05, 4.69) is 12.2 Å². The van der Waals surface area contributed by atoms with Crippen LogP contribution in [0.2, 0.25) is 5.02 Å². The maximum Gasteiger partial charge on any atom is 0.116 e. The first kappa shape index (κ1) is 13.1. The van der Waals surface area contributed by atoms with Gasteiger partial charge >= 0.3 is 0 Å². The van der Waals surface area contributed by atoms with E-state index in [-0.39, 0.29) is 0 Å². The topological polar surface area (TPSA) is 29.1 Å². The molecule has 0 aliphatic carbocycles. The second-order valence-electron chi connectivity index (χ2n) is 2.64. The van der Waals surface area contributed by atoms with Crippen LogP contribution in [0.15, 0.2) is 24.3 Å². The van der Waals surface area contributed by atoms with E-state index in [1.807, 2.05) is 24.3 Å². The molecule has 0 bridgehead atoms. The maximum atomic E-state index is 8.81. The average molecular weight is 214 g/mol. The summed E-state index contributed by atoms with van der Waals surface area (Å²) in [5.41, 5.74) is 1.27. The van der Waals surface area contributed by atoms with Crippen LogP contribution in [0, 0.1) is 0 Å². The lowest BCUT2D eigenvalue weighted by Gasteiger charge is -2.00. The van der Waals surface area contributed by atoms with Gasteiger partial charge in [-0.2, -0.15) is 0 Å². The Morgan fingerprint density at radius 1 is 1.36 bits per heavy atom. The number of aldehydes is 1. The molecule has 0 heterocycles. The molecular formula is C11H16ClNO. The third kappa shape index (κ3) is 6.63. The van der Waals surface area contributed by atoms with E-state index in [0.717, 1.165) is 24.4 Å². The van der Waals surface area contributed by atoms with Crippen molar-refractivity contribution in [3.63, 3.8) is 0 Å². The second-order valence-corrected chi connectivity index (χ2v) is 3.08. The summed E-state index contributed by atoms with van der Waals surface area (Å²) in [5.74, 6) is 0. The summed E-state index contributed by atoms with van der Waals surface area (Å²) in [6.07, 6.45) is 0.750. The molecule has 1 aromatic rings. The molecule has 0 atom stereocenters. The van der Waals surface area contributed by atoms with Gasteiger partial charge in [0.2, 0.25) is 0 Å². The molecule has 0 unspecified atom stereocenters. The summed E-state index contributed by atoms with van der Waals surface area (Å²) >= 11 is 5.73. The second kappa shape index (κ2) is 8.73. The number of rotatable bonds is 3. The van der Waals surface area contributed by atoms with Crippen molar-refractivity contribution in [2.75, 3.05) is 6.54 Å². The number of carbonyl (C=O) groups is 1. The Balaban J connectivity index is 0.000000500. The number of hydrogen-bond donors (Lipinski definition) is 1. The molecule has 3 heteroatoms. The Hall–Kier alpha value is -0.860. The summed E-state index contributed by atoms with van der Waals surface area (Å²) in [4.78, 5) is 8.81. The minimum atomic E-state index is 0.750. The lowest BCUT2D eigenvalue weighted by Crippen LogP contribution is -2.11. The monoisotopic (exact) mass is 213 g/mol. The van der Waals surface area contributed by atoms with Gasteiger partial charge in [-0.3, -0.25) is 0 Å². The zero-order chi connectivity index (χ0) is 10.8. The van der Waals surface area contributed by atoms with E-state index in [1.165, 1.54) is 12.5 Å². The molecular weight excluding hydrogens is 198 g/mol. The molecule has 0 saturated carbocycles. The summed E-state index contributed by atoms with van der Waals surface area (Å²) in [7, 11) is 0. The molecule has 0 saturated heterocycles. The van der Waals surface area contributed by atoms with Crippen LogP contribution < -0.4 is 5.32 Å². The minimum Gasteiger partial charge on any atom is -0.313 e. The van der Waals surface area contributed by atoms with E-state index >= 15 is 0 Å². The predicted molar refractivity (Wildman–Crippen MR) is 60.6 cm³/mol. The van der Waals surface area contributed by atoms with Gasteiger partial charge in [0.15, 0.2) is 0 Å². The molecule has 78 valence electrons. The van der Waals surface area contributed by atoms with Crippen LogP contribution in [-0.2, 0) is 11.3 Å². The number of hydrogen-bond acceptors (Lipinski definition) is 2. The fraction of sp³-hybridized carbons (Fsp3) is 0.364. The van der Waals surface area contributed by atoms with Gasteiger partial charge in [-0.1, -0.05) is 30.7 Å². The van der Waals surface area contributed by atoms with Gasteiger partial charge in [0, 0.05) is 11.6 Å². The molecule has 0 aromatic heterocycles. The summed E-state index contributed by atoms with van der Waals surface area (Å²) < 4.78 is 0. The van der Waals surface area contributed by atoms with Gasteiger partial charge in [-0.15, -0.1) is 0 Å². The van der Waals surface area contributed by atoms with Crippen LogP contribution in [0.1, 0.15) is 19.4 Å². The molecule has 14 heavy (non-hydrogen) atoms. The highest BCUT2D eigenvalue weighted by Crippen LogP contribution is 2.08. The molecule has 0 fully saturated rings. The van der Waals surface area contributed by atoms with Crippen molar-refractivity contribution < 1.29 is 4.79 Å². The third-order valence-corrected chi connectivity index (χ3v) is 1.74. The van der Waals surface area contributed by atoms with Gasteiger partial charge in [0.1, 0.15) is 6.29 Å². The highest BCUT2D eigenvalue weighted by atomic mass is 35.5. The first-order valence-electron chi connectivity index (χ1n) is 4.59. The Morgan fingerprint density at radius 3 is 2.29 bits per heavy atom. The molecule has 1 rings (SSSR count). The number of halogens is 1. The lowest BCUT2D eigenvalue weighted by molar-refractivity contribution is -0.106. The first-order chi connectivity index (χ1) is 6.74. The highest BCUT2D eigenvalue weighted by molar-refractivity contribution is 6.30. The zero-order valence-corrected chi connectivity index (χ0v) is 9.34. The van der Waals surface area contributed by atoms with Crippen LogP contribution >= 0.6 is 11.6 Å². The fourth-order valence-corrected chi connectivity index (χ4v) is 0.998. The van der Waals surface area contributed by atoms with Crippen molar-refractivity contribution >= 4 is 17.9 Å². The molecule has 0 aliphatic heterocycles. The van der Waals surface area contributed by atoms with Crippen molar-refractivity contribution in [1.29, 1.82) is 0 Å². The van der Waals surface area contributed by atoms with Gasteiger partial charge < -0.3 is 10.1 Å². The minimum absolute atomic E-state index is 0.750. The number of benzene rings is 1. The Kier molecular flexibility index (Phi) is 8.19. The van der Waals surface area contributed by atoms with E-state index in [9.17, 15) is 0 Å². The van der Waals surface area contributed by atoms with Gasteiger partial charge in [-0.25, -0.2) is 0 Å². The fourth-order valence-electron chi connectivity index (χ4n) is 0.872. The largest absolute Gasteiger partial charge is 0.313 e. The maximum absolute atomic E-state index is 8.81. The van der Waals surface area contributed by atoms with Crippen LogP contribution in [0.3, 0.4) is 0 Å². The molecule has 0 amide bonds. The normalized spacial score (nSPS) is 8.79. The van der Waals surface area contributed by atoms with Crippen molar-refractivity contribution in [3.05, 3.63) is 34.9 Å². The van der Waals surface area contributed by atoms with Crippen molar-refractivity contribution in [2.24, 2.45) is 0 Å². The molecule has 0 spiro atoms. The van der Waals surface area contributed by atoms with E-state index < -0.39 is 0 Å². The zero-order valence-electron chi connectivity index (χ0n) is 8.59. The molecule has 0 aliphatic rings. The summed E-state index contributed by atoms with van der Waals surface area (Å²) in [6.45, 7) is 5.46. The van der Waals surface area contributed by atoms with Crippen LogP contribution in [0.25, 0.3) is 0 Å². The molecule has 2 nitrogen and oxygen atoms in total. The van der Waals surface area contributed by atoms with Crippen LogP contribution in [0.5, 0.6) is 0 Å². The van der Waals surface area contributed by atoms with Gasteiger partial charge in [-0.05, 0) is 31.2 Å². The van der Waals surface area contributed by atoms with E-state index in [0.29, 0.717) is 0 Å². The molecule has 1 aromatic carbocycles.